The second-order valence-corrected chi connectivity index (χ2v) is 10.3. The molecule has 7 heteroatoms. The van der Waals surface area contributed by atoms with Crippen LogP contribution in [0, 0.1) is 5.41 Å². The molecule has 2 aromatic rings. The molecule has 0 aromatic heterocycles. The van der Waals surface area contributed by atoms with E-state index in [2.05, 4.69) is 29.0 Å². The first-order valence-electron chi connectivity index (χ1n) is 10.3. The Kier molecular flexibility index (Phi) is 5.59. The van der Waals surface area contributed by atoms with Crippen LogP contribution < -0.4 is 4.72 Å². The van der Waals surface area contributed by atoms with Crippen molar-refractivity contribution in [2.45, 2.75) is 37.8 Å². The van der Waals surface area contributed by atoms with E-state index in [1.54, 1.807) is 4.90 Å². The average molecular weight is 429 g/mol. The molecule has 1 aliphatic carbocycles. The van der Waals surface area contributed by atoms with Gasteiger partial charge in [-0.15, -0.1) is 0 Å². The van der Waals surface area contributed by atoms with Crippen molar-refractivity contribution < 1.29 is 17.9 Å². The number of hydrogen-bond donors (Lipinski definition) is 1. The van der Waals surface area contributed by atoms with Crippen LogP contribution in [0.3, 0.4) is 0 Å². The van der Waals surface area contributed by atoms with Crippen molar-refractivity contribution in [3.05, 3.63) is 60.2 Å². The van der Waals surface area contributed by atoms with Crippen LogP contribution in [0.15, 0.2) is 54.6 Å². The summed E-state index contributed by atoms with van der Waals surface area (Å²) in [6.07, 6.45) is 4.09. The molecule has 1 saturated carbocycles. The second-order valence-electron chi connectivity index (χ2n) is 8.48. The summed E-state index contributed by atoms with van der Waals surface area (Å²) in [5, 5.41) is 0. The minimum atomic E-state index is -3.42. The Hall–Kier alpha value is -2.38. The molecular formula is C23H28N2O4S. The number of carbonyl (C=O) groups is 1. The van der Waals surface area contributed by atoms with E-state index in [1.807, 2.05) is 30.3 Å². The predicted molar refractivity (Wildman–Crippen MR) is 117 cm³/mol. The highest BCUT2D eigenvalue weighted by atomic mass is 32.2. The minimum absolute atomic E-state index is 0.0602. The van der Waals surface area contributed by atoms with Gasteiger partial charge in [-0.1, -0.05) is 54.6 Å². The number of likely N-dealkylation sites (tertiary alicyclic amines) is 1. The summed E-state index contributed by atoms with van der Waals surface area (Å²) < 4.78 is 32.2. The van der Waals surface area contributed by atoms with Crippen LogP contribution in [0.5, 0.6) is 0 Å². The third-order valence-corrected chi connectivity index (χ3v) is 7.10. The maximum atomic E-state index is 12.5. The number of benzene rings is 2. The fourth-order valence-electron chi connectivity index (χ4n) is 4.73. The highest BCUT2D eigenvalue weighted by Crippen LogP contribution is 2.55. The van der Waals surface area contributed by atoms with E-state index in [0.29, 0.717) is 13.0 Å². The number of nitrogens with one attached hydrogen (secondary N) is 1. The Balaban J connectivity index is 1.68. The van der Waals surface area contributed by atoms with Crippen molar-refractivity contribution in [2.24, 2.45) is 5.41 Å². The third kappa shape index (κ3) is 4.37. The lowest BCUT2D eigenvalue weighted by molar-refractivity contribution is 0.0534. The predicted octanol–water partition coefficient (Wildman–Crippen LogP) is 3.43. The Labute approximate surface area is 178 Å². The number of sulfonamides is 1. The van der Waals surface area contributed by atoms with Crippen LogP contribution in [0.2, 0.25) is 0 Å². The summed E-state index contributed by atoms with van der Waals surface area (Å²) in [6.45, 7) is 0.581. The van der Waals surface area contributed by atoms with Crippen molar-refractivity contribution in [3.63, 3.8) is 0 Å². The maximum absolute atomic E-state index is 12.5. The monoisotopic (exact) mass is 428 g/mol. The molecule has 2 atom stereocenters. The van der Waals surface area contributed by atoms with E-state index in [9.17, 15) is 13.2 Å². The topological polar surface area (TPSA) is 75.7 Å². The largest absolute Gasteiger partial charge is 0.453 e. The first kappa shape index (κ1) is 20.9. The normalized spacial score (nSPS) is 22.7. The molecule has 1 aliphatic heterocycles. The lowest BCUT2D eigenvalue weighted by Crippen LogP contribution is -2.62. The molecule has 2 aromatic carbocycles. The summed E-state index contributed by atoms with van der Waals surface area (Å²) >= 11 is 0. The molecule has 2 aliphatic rings. The van der Waals surface area contributed by atoms with Gasteiger partial charge in [0.15, 0.2) is 0 Å². The highest BCUT2D eigenvalue weighted by molar-refractivity contribution is 7.88. The van der Waals surface area contributed by atoms with Crippen LogP contribution in [0.4, 0.5) is 4.79 Å². The van der Waals surface area contributed by atoms with Crippen LogP contribution in [-0.2, 0) is 21.2 Å². The summed E-state index contributed by atoms with van der Waals surface area (Å²) in [7, 11) is -2.04. The van der Waals surface area contributed by atoms with E-state index < -0.39 is 16.1 Å². The fourth-order valence-corrected chi connectivity index (χ4v) is 5.60. The fraction of sp³-hybridized carbons (Fsp3) is 0.435. The Morgan fingerprint density at radius 3 is 2.43 bits per heavy atom. The van der Waals surface area contributed by atoms with Gasteiger partial charge in [0.05, 0.1) is 19.4 Å². The molecule has 0 radical (unpaired) electrons. The number of carbonyl (C=O) groups excluding carboxylic acids is 1. The van der Waals surface area contributed by atoms with E-state index in [1.165, 1.54) is 13.4 Å². The van der Waals surface area contributed by atoms with Gasteiger partial charge >= 0.3 is 6.09 Å². The smallest absolute Gasteiger partial charge is 0.409 e. The molecule has 1 spiro atoms. The number of ether oxygens (including phenoxy) is 1. The molecule has 30 heavy (non-hydrogen) atoms. The van der Waals surface area contributed by atoms with Gasteiger partial charge in [-0.25, -0.2) is 17.9 Å². The van der Waals surface area contributed by atoms with Crippen LogP contribution in [0.25, 0.3) is 11.1 Å². The molecular weight excluding hydrogens is 400 g/mol. The zero-order valence-electron chi connectivity index (χ0n) is 17.4. The molecule has 160 valence electrons. The van der Waals surface area contributed by atoms with Gasteiger partial charge in [-0.05, 0) is 47.8 Å². The Morgan fingerprint density at radius 1 is 1.10 bits per heavy atom. The van der Waals surface area contributed by atoms with Gasteiger partial charge in [0.25, 0.3) is 0 Å². The van der Waals surface area contributed by atoms with Crippen molar-refractivity contribution in [3.8, 4) is 11.1 Å². The minimum Gasteiger partial charge on any atom is -0.453 e. The van der Waals surface area contributed by atoms with Gasteiger partial charge in [0.1, 0.15) is 0 Å². The second kappa shape index (κ2) is 8.04. The van der Waals surface area contributed by atoms with Gasteiger partial charge in [0.2, 0.25) is 10.0 Å². The Morgan fingerprint density at radius 2 is 1.80 bits per heavy atom. The van der Waals surface area contributed by atoms with Gasteiger partial charge in [-0.3, -0.25) is 0 Å². The third-order valence-electron chi connectivity index (χ3n) is 6.42. The number of piperidine rings is 1. The molecule has 1 heterocycles. The molecule has 1 N–H and O–H groups in total. The number of methoxy groups -OCH3 is 1. The molecule has 1 amide bonds. The zero-order chi connectivity index (χ0) is 21.4. The lowest BCUT2D eigenvalue weighted by atomic mass is 9.80. The highest BCUT2D eigenvalue weighted by Gasteiger charge is 2.57. The van der Waals surface area contributed by atoms with E-state index in [-0.39, 0.29) is 17.5 Å². The van der Waals surface area contributed by atoms with E-state index >= 15 is 0 Å². The van der Waals surface area contributed by atoms with Crippen molar-refractivity contribution >= 4 is 16.1 Å². The summed E-state index contributed by atoms with van der Waals surface area (Å²) in [4.78, 5) is 14.2. The van der Waals surface area contributed by atoms with Crippen LogP contribution in [-0.4, -0.2) is 51.4 Å². The molecule has 0 bridgehead atoms. The van der Waals surface area contributed by atoms with E-state index in [0.717, 1.165) is 36.0 Å². The van der Waals surface area contributed by atoms with E-state index in [4.69, 9.17) is 4.74 Å². The van der Waals surface area contributed by atoms with Gasteiger partial charge in [0, 0.05) is 12.6 Å². The molecule has 2 unspecified atom stereocenters. The van der Waals surface area contributed by atoms with Crippen molar-refractivity contribution in [2.75, 3.05) is 19.9 Å². The van der Waals surface area contributed by atoms with Gasteiger partial charge in [-0.2, -0.15) is 0 Å². The average Bonchev–Trinajstić information content (AvgIpc) is 3.51. The quantitative estimate of drug-likeness (QED) is 0.792. The summed E-state index contributed by atoms with van der Waals surface area (Å²) in [5.41, 5.74) is 3.22. The number of hydrogen-bond acceptors (Lipinski definition) is 4. The standard InChI is InChI=1S/C23H28N2O4S/c1-29-22(26)25-14-13-23(11-12-23)21(24-30(2,27)28)20(25)16-17-7-6-10-19(15-17)18-8-4-3-5-9-18/h3-10,15,20-21,24H,11-14,16H2,1-2H3. The number of nitrogens with zero attached hydrogens (tertiary/aromatic N) is 1. The molecule has 1 saturated heterocycles. The SMILES string of the molecule is COC(=O)N1CCC2(CC2)C(NS(C)(=O)=O)C1Cc1cccc(-c2ccccc2)c1. The molecule has 4 rings (SSSR count). The lowest BCUT2D eigenvalue weighted by Gasteiger charge is -2.45. The first-order chi connectivity index (χ1) is 14.3. The Bertz CT molecular complexity index is 1020. The van der Waals surface area contributed by atoms with Gasteiger partial charge < -0.3 is 9.64 Å². The molecule has 6 nitrogen and oxygen atoms in total. The summed E-state index contributed by atoms with van der Waals surface area (Å²) in [6, 6.07) is 17.7. The summed E-state index contributed by atoms with van der Waals surface area (Å²) in [5.74, 6) is 0. The first-order valence-corrected chi connectivity index (χ1v) is 12.2. The number of amides is 1. The number of rotatable bonds is 5. The van der Waals surface area contributed by atoms with Crippen LogP contribution in [0.1, 0.15) is 24.8 Å². The van der Waals surface area contributed by atoms with Crippen molar-refractivity contribution in [1.29, 1.82) is 0 Å². The van der Waals surface area contributed by atoms with Crippen molar-refractivity contribution in [1.82, 2.24) is 9.62 Å². The zero-order valence-corrected chi connectivity index (χ0v) is 18.2. The van der Waals surface area contributed by atoms with Crippen LogP contribution >= 0.6 is 0 Å². The molecule has 2 fully saturated rings. The maximum Gasteiger partial charge on any atom is 0.409 e.